The molecule has 0 aromatic rings. The summed E-state index contributed by atoms with van der Waals surface area (Å²) in [6, 6.07) is 0.720. The molecule has 0 saturated heterocycles. The first-order chi connectivity index (χ1) is 9.76. The van der Waals surface area contributed by atoms with Crippen LogP contribution in [0.5, 0.6) is 0 Å². The average Bonchev–Trinajstić information content (AvgIpc) is 3.11. The fourth-order valence-electron chi connectivity index (χ4n) is 5.04. The first kappa shape index (κ1) is 16.3. The minimum absolute atomic E-state index is 0.460. The molecule has 2 aliphatic carbocycles. The maximum Gasteiger partial charge on any atom is 0.0362 e. The van der Waals surface area contributed by atoms with E-state index in [9.17, 15) is 0 Å². The third-order valence-electron chi connectivity index (χ3n) is 6.01. The molecule has 0 spiro atoms. The topological polar surface area (TPSA) is 15.3 Å². The highest BCUT2D eigenvalue weighted by Crippen LogP contribution is 2.41. The van der Waals surface area contributed by atoms with Crippen LogP contribution in [0.25, 0.3) is 0 Å². The molecule has 2 nitrogen and oxygen atoms in total. The van der Waals surface area contributed by atoms with Crippen LogP contribution in [0, 0.1) is 5.92 Å². The standard InChI is InChI=1S/C18H36N2/c1-4-19-17(15-16-11-7-8-12-16)18(13-9-10-14-18)20(5-2)6-3/h16-17,19H,4-15H2,1-3H3. The normalized spacial score (nSPS) is 24.6. The van der Waals surface area contributed by atoms with Gasteiger partial charge in [-0.25, -0.2) is 0 Å². The Balaban J connectivity index is 2.12. The van der Waals surface area contributed by atoms with Gasteiger partial charge in [-0.3, -0.25) is 4.90 Å². The average molecular weight is 280 g/mol. The largest absolute Gasteiger partial charge is 0.312 e. The summed E-state index contributed by atoms with van der Waals surface area (Å²) < 4.78 is 0. The quantitative estimate of drug-likeness (QED) is 0.717. The van der Waals surface area contributed by atoms with Crippen LogP contribution in [0.3, 0.4) is 0 Å². The highest BCUT2D eigenvalue weighted by molar-refractivity contribution is 5.04. The van der Waals surface area contributed by atoms with Gasteiger partial charge in [-0.05, 0) is 44.8 Å². The lowest BCUT2D eigenvalue weighted by Crippen LogP contribution is -2.60. The molecule has 0 aliphatic heterocycles. The molecule has 20 heavy (non-hydrogen) atoms. The van der Waals surface area contributed by atoms with E-state index in [-0.39, 0.29) is 0 Å². The van der Waals surface area contributed by atoms with Gasteiger partial charge in [-0.15, -0.1) is 0 Å². The minimum atomic E-state index is 0.460. The van der Waals surface area contributed by atoms with E-state index in [0.717, 1.165) is 18.5 Å². The SMILES string of the molecule is CCNC(CC1CCCC1)C1(N(CC)CC)CCCC1. The number of hydrogen-bond donors (Lipinski definition) is 1. The van der Waals surface area contributed by atoms with E-state index in [1.165, 1.54) is 70.9 Å². The zero-order chi connectivity index (χ0) is 14.4. The molecule has 1 atom stereocenters. The van der Waals surface area contributed by atoms with Gasteiger partial charge in [0.05, 0.1) is 0 Å². The maximum absolute atomic E-state index is 3.90. The van der Waals surface area contributed by atoms with Crippen molar-refractivity contribution >= 4 is 0 Å². The first-order valence-corrected chi connectivity index (χ1v) is 9.25. The fourth-order valence-corrected chi connectivity index (χ4v) is 5.04. The minimum Gasteiger partial charge on any atom is -0.312 e. The Morgan fingerprint density at radius 2 is 1.60 bits per heavy atom. The Bertz CT molecular complexity index is 261. The molecule has 1 N–H and O–H groups in total. The van der Waals surface area contributed by atoms with Crippen molar-refractivity contribution in [2.24, 2.45) is 5.92 Å². The van der Waals surface area contributed by atoms with E-state index in [4.69, 9.17) is 0 Å². The Labute approximate surface area is 126 Å². The van der Waals surface area contributed by atoms with Crippen LogP contribution in [0.15, 0.2) is 0 Å². The van der Waals surface area contributed by atoms with Crippen molar-refractivity contribution in [1.29, 1.82) is 0 Å². The number of rotatable bonds is 8. The molecule has 0 amide bonds. The molecule has 118 valence electrons. The molecule has 0 bridgehead atoms. The Hall–Kier alpha value is -0.0800. The number of nitrogens with one attached hydrogen (secondary N) is 1. The Morgan fingerprint density at radius 3 is 2.10 bits per heavy atom. The van der Waals surface area contributed by atoms with Gasteiger partial charge in [0, 0.05) is 11.6 Å². The smallest absolute Gasteiger partial charge is 0.0362 e. The highest BCUT2D eigenvalue weighted by Gasteiger charge is 2.45. The molecule has 2 fully saturated rings. The molecular formula is C18H36N2. The zero-order valence-electron chi connectivity index (χ0n) is 14.1. The summed E-state index contributed by atoms with van der Waals surface area (Å²) in [4.78, 5) is 2.78. The summed E-state index contributed by atoms with van der Waals surface area (Å²) in [6.45, 7) is 10.5. The molecule has 1 unspecified atom stereocenters. The van der Waals surface area contributed by atoms with Gasteiger partial charge in [0.2, 0.25) is 0 Å². The van der Waals surface area contributed by atoms with Crippen LogP contribution < -0.4 is 5.32 Å². The second-order valence-electron chi connectivity index (χ2n) is 6.98. The van der Waals surface area contributed by atoms with Crippen LogP contribution in [-0.4, -0.2) is 36.1 Å². The monoisotopic (exact) mass is 280 g/mol. The Morgan fingerprint density at radius 1 is 1.00 bits per heavy atom. The summed E-state index contributed by atoms with van der Waals surface area (Å²) in [5.74, 6) is 0.993. The molecule has 2 heteroatoms. The predicted octanol–water partition coefficient (Wildman–Crippen LogP) is 4.20. The molecule has 0 heterocycles. The molecule has 0 aromatic carbocycles. The van der Waals surface area contributed by atoms with Crippen molar-refractivity contribution in [3.05, 3.63) is 0 Å². The summed E-state index contributed by atoms with van der Waals surface area (Å²) >= 11 is 0. The Kier molecular flexibility index (Phi) is 6.35. The lowest BCUT2D eigenvalue weighted by atomic mass is 9.80. The lowest BCUT2D eigenvalue weighted by molar-refractivity contribution is 0.0538. The fraction of sp³-hybridized carbons (Fsp3) is 1.00. The summed E-state index contributed by atoms with van der Waals surface area (Å²) in [5.41, 5.74) is 0.460. The van der Waals surface area contributed by atoms with Gasteiger partial charge in [-0.1, -0.05) is 59.3 Å². The van der Waals surface area contributed by atoms with Gasteiger partial charge in [0.1, 0.15) is 0 Å². The maximum atomic E-state index is 3.90. The van der Waals surface area contributed by atoms with Crippen LogP contribution in [-0.2, 0) is 0 Å². The van der Waals surface area contributed by atoms with Crippen LogP contribution in [0.4, 0.5) is 0 Å². The zero-order valence-corrected chi connectivity index (χ0v) is 14.1. The van der Waals surface area contributed by atoms with Gasteiger partial charge in [-0.2, -0.15) is 0 Å². The van der Waals surface area contributed by atoms with Gasteiger partial charge < -0.3 is 5.32 Å². The number of nitrogens with zero attached hydrogens (tertiary/aromatic N) is 1. The van der Waals surface area contributed by atoms with Crippen molar-refractivity contribution in [2.75, 3.05) is 19.6 Å². The molecule has 0 aromatic heterocycles. The third kappa shape index (κ3) is 3.39. The van der Waals surface area contributed by atoms with Crippen molar-refractivity contribution < 1.29 is 0 Å². The molecule has 2 saturated carbocycles. The molecule has 2 rings (SSSR count). The van der Waals surface area contributed by atoms with E-state index in [2.05, 4.69) is 31.0 Å². The molecule has 0 radical (unpaired) electrons. The number of likely N-dealkylation sites (N-methyl/N-ethyl adjacent to an activating group) is 2. The van der Waals surface area contributed by atoms with Crippen molar-refractivity contribution in [3.8, 4) is 0 Å². The second-order valence-corrected chi connectivity index (χ2v) is 6.98. The highest BCUT2D eigenvalue weighted by atomic mass is 15.2. The van der Waals surface area contributed by atoms with Gasteiger partial charge in [0.25, 0.3) is 0 Å². The van der Waals surface area contributed by atoms with E-state index >= 15 is 0 Å². The van der Waals surface area contributed by atoms with Crippen molar-refractivity contribution in [1.82, 2.24) is 10.2 Å². The van der Waals surface area contributed by atoms with Crippen LogP contribution in [0.1, 0.15) is 78.6 Å². The summed E-state index contributed by atoms with van der Waals surface area (Å²) in [6.07, 6.45) is 13.0. The summed E-state index contributed by atoms with van der Waals surface area (Å²) in [5, 5.41) is 3.90. The van der Waals surface area contributed by atoms with E-state index < -0.39 is 0 Å². The predicted molar refractivity (Wildman–Crippen MR) is 88.2 cm³/mol. The van der Waals surface area contributed by atoms with Gasteiger partial charge >= 0.3 is 0 Å². The van der Waals surface area contributed by atoms with Gasteiger partial charge in [0.15, 0.2) is 0 Å². The van der Waals surface area contributed by atoms with E-state index in [1.54, 1.807) is 0 Å². The summed E-state index contributed by atoms with van der Waals surface area (Å²) in [7, 11) is 0. The van der Waals surface area contributed by atoms with E-state index in [0.29, 0.717) is 5.54 Å². The van der Waals surface area contributed by atoms with Crippen LogP contribution >= 0.6 is 0 Å². The lowest BCUT2D eigenvalue weighted by Gasteiger charge is -2.47. The van der Waals surface area contributed by atoms with Crippen molar-refractivity contribution in [2.45, 2.75) is 90.1 Å². The third-order valence-corrected chi connectivity index (χ3v) is 6.01. The van der Waals surface area contributed by atoms with Crippen molar-refractivity contribution in [3.63, 3.8) is 0 Å². The van der Waals surface area contributed by atoms with Crippen LogP contribution in [0.2, 0.25) is 0 Å². The van der Waals surface area contributed by atoms with E-state index in [1.807, 2.05) is 0 Å². The molecule has 2 aliphatic rings. The molecular weight excluding hydrogens is 244 g/mol. The first-order valence-electron chi connectivity index (χ1n) is 9.25. The number of hydrogen-bond acceptors (Lipinski definition) is 2. The second kappa shape index (κ2) is 7.79.